The summed E-state index contributed by atoms with van der Waals surface area (Å²) < 4.78 is 5.05. The van der Waals surface area contributed by atoms with Crippen LogP contribution in [0.1, 0.15) is 23.9 Å². The van der Waals surface area contributed by atoms with Crippen molar-refractivity contribution in [3.05, 3.63) is 24.2 Å². The summed E-state index contributed by atoms with van der Waals surface area (Å²) in [5.41, 5.74) is 0. The van der Waals surface area contributed by atoms with Crippen molar-refractivity contribution in [2.75, 3.05) is 39.3 Å². The van der Waals surface area contributed by atoms with Crippen molar-refractivity contribution in [3.8, 4) is 0 Å². The van der Waals surface area contributed by atoms with Crippen LogP contribution >= 0.6 is 0 Å². The third-order valence-corrected chi connectivity index (χ3v) is 4.61. The van der Waals surface area contributed by atoms with Gasteiger partial charge in [0.1, 0.15) is 6.04 Å². The molecule has 2 atom stereocenters. The van der Waals surface area contributed by atoms with Crippen molar-refractivity contribution in [2.24, 2.45) is 0 Å². The Morgan fingerprint density at radius 1 is 1.35 bits per heavy atom. The molecule has 2 saturated heterocycles. The summed E-state index contributed by atoms with van der Waals surface area (Å²) in [5.74, 6) is -0.152. The molecule has 1 aromatic rings. The van der Waals surface area contributed by atoms with E-state index >= 15 is 0 Å². The maximum atomic E-state index is 12.5. The Kier molecular flexibility index (Phi) is 4.97. The minimum Gasteiger partial charge on any atom is -0.459 e. The van der Waals surface area contributed by atoms with E-state index < -0.39 is 6.04 Å². The van der Waals surface area contributed by atoms with Crippen LogP contribution in [0.3, 0.4) is 0 Å². The normalized spacial score (nSPS) is 23.7. The van der Waals surface area contributed by atoms with E-state index in [1.54, 1.807) is 19.1 Å². The van der Waals surface area contributed by atoms with Gasteiger partial charge in [-0.25, -0.2) is 0 Å². The molecular formula is C16H24N4O3. The highest BCUT2D eigenvalue weighted by Crippen LogP contribution is 2.17. The van der Waals surface area contributed by atoms with E-state index in [1.165, 1.54) is 6.26 Å². The molecule has 2 N–H and O–H groups in total. The zero-order chi connectivity index (χ0) is 16.2. The van der Waals surface area contributed by atoms with E-state index in [2.05, 4.69) is 15.5 Å². The number of hydrogen-bond acceptors (Lipinski definition) is 5. The Labute approximate surface area is 136 Å². The minimum absolute atomic E-state index is 0.0254. The second kappa shape index (κ2) is 7.14. The summed E-state index contributed by atoms with van der Waals surface area (Å²) in [7, 11) is 0. The highest BCUT2D eigenvalue weighted by molar-refractivity contribution is 5.95. The van der Waals surface area contributed by atoms with Crippen LogP contribution in [0.4, 0.5) is 0 Å². The molecule has 0 spiro atoms. The largest absolute Gasteiger partial charge is 0.459 e. The van der Waals surface area contributed by atoms with Crippen LogP contribution in [0, 0.1) is 0 Å². The van der Waals surface area contributed by atoms with Gasteiger partial charge in [0, 0.05) is 45.3 Å². The monoisotopic (exact) mass is 320 g/mol. The summed E-state index contributed by atoms with van der Waals surface area (Å²) >= 11 is 0. The lowest BCUT2D eigenvalue weighted by molar-refractivity contribution is -0.132. The fourth-order valence-corrected chi connectivity index (χ4v) is 3.30. The van der Waals surface area contributed by atoms with Gasteiger partial charge in [0.15, 0.2) is 5.76 Å². The maximum absolute atomic E-state index is 12.5. The highest BCUT2D eigenvalue weighted by Gasteiger charge is 2.33. The molecule has 0 radical (unpaired) electrons. The summed E-state index contributed by atoms with van der Waals surface area (Å²) in [6.07, 6.45) is 2.45. The molecule has 2 fully saturated rings. The average molecular weight is 320 g/mol. The molecule has 3 rings (SSSR count). The summed E-state index contributed by atoms with van der Waals surface area (Å²) in [5, 5.41) is 6.05. The summed E-state index contributed by atoms with van der Waals surface area (Å²) in [4.78, 5) is 28.8. The molecule has 7 nitrogen and oxygen atoms in total. The van der Waals surface area contributed by atoms with Gasteiger partial charge in [-0.15, -0.1) is 0 Å². The van der Waals surface area contributed by atoms with E-state index in [0.29, 0.717) is 6.04 Å². The smallest absolute Gasteiger partial charge is 0.287 e. The Balaban J connectivity index is 1.50. The lowest BCUT2D eigenvalue weighted by Gasteiger charge is -2.32. The van der Waals surface area contributed by atoms with E-state index in [1.807, 2.05) is 4.90 Å². The Morgan fingerprint density at radius 2 is 2.13 bits per heavy atom. The molecule has 1 aromatic heterocycles. The van der Waals surface area contributed by atoms with Crippen LogP contribution in [0.5, 0.6) is 0 Å². The molecule has 0 bridgehead atoms. The van der Waals surface area contributed by atoms with Gasteiger partial charge >= 0.3 is 0 Å². The molecule has 2 amide bonds. The van der Waals surface area contributed by atoms with Crippen LogP contribution in [-0.2, 0) is 4.79 Å². The van der Waals surface area contributed by atoms with Crippen LogP contribution in [0.25, 0.3) is 0 Å². The predicted molar refractivity (Wildman–Crippen MR) is 85.1 cm³/mol. The van der Waals surface area contributed by atoms with Crippen molar-refractivity contribution in [2.45, 2.75) is 25.4 Å². The average Bonchev–Trinajstić information content (AvgIpc) is 3.26. The molecule has 126 valence electrons. The number of rotatable bonds is 4. The number of furan rings is 1. The lowest BCUT2D eigenvalue weighted by Crippen LogP contribution is -2.50. The van der Waals surface area contributed by atoms with E-state index in [9.17, 15) is 9.59 Å². The Bertz CT molecular complexity index is 540. The van der Waals surface area contributed by atoms with Crippen molar-refractivity contribution in [1.29, 1.82) is 0 Å². The quantitative estimate of drug-likeness (QED) is 0.810. The fourth-order valence-electron chi connectivity index (χ4n) is 3.30. The lowest BCUT2D eigenvalue weighted by atomic mass is 10.2. The molecule has 0 saturated carbocycles. The minimum atomic E-state index is -0.547. The standard InChI is InChI=1S/C16H24N4O3/c1-12(18-15(21)14-3-2-10-23-14)16(22)20-7-4-13(11-20)19-8-5-17-6-9-19/h2-3,10,12-13,17H,4-9,11H2,1H3,(H,18,21). The van der Waals surface area contributed by atoms with E-state index in [4.69, 9.17) is 4.42 Å². The second-order valence-electron chi connectivity index (χ2n) is 6.19. The van der Waals surface area contributed by atoms with Gasteiger partial charge in [0.25, 0.3) is 5.91 Å². The third kappa shape index (κ3) is 3.73. The highest BCUT2D eigenvalue weighted by atomic mass is 16.3. The van der Waals surface area contributed by atoms with Gasteiger partial charge in [0.05, 0.1) is 6.26 Å². The Morgan fingerprint density at radius 3 is 2.83 bits per heavy atom. The number of nitrogens with zero attached hydrogens (tertiary/aromatic N) is 2. The van der Waals surface area contributed by atoms with E-state index in [-0.39, 0.29) is 17.6 Å². The molecule has 3 heterocycles. The summed E-state index contributed by atoms with van der Waals surface area (Å²) in [6, 6.07) is 3.13. The first-order valence-corrected chi connectivity index (χ1v) is 8.23. The second-order valence-corrected chi connectivity index (χ2v) is 6.19. The topological polar surface area (TPSA) is 77.8 Å². The molecule has 23 heavy (non-hydrogen) atoms. The summed E-state index contributed by atoms with van der Waals surface area (Å²) in [6.45, 7) is 7.34. The Hall–Kier alpha value is -1.86. The zero-order valence-corrected chi connectivity index (χ0v) is 13.5. The predicted octanol–water partition coefficient (Wildman–Crippen LogP) is -0.0960. The first-order chi connectivity index (χ1) is 11.1. The van der Waals surface area contributed by atoms with Crippen LogP contribution < -0.4 is 10.6 Å². The SMILES string of the molecule is CC(NC(=O)c1ccco1)C(=O)N1CCC(N2CCNCC2)C1. The first kappa shape index (κ1) is 16.0. The van der Waals surface area contributed by atoms with Crippen LogP contribution in [-0.4, -0.2) is 73.0 Å². The first-order valence-electron chi connectivity index (χ1n) is 8.23. The van der Waals surface area contributed by atoms with Crippen LogP contribution in [0.2, 0.25) is 0 Å². The van der Waals surface area contributed by atoms with Gasteiger partial charge < -0.3 is 20.0 Å². The van der Waals surface area contributed by atoms with Crippen LogP contribution in [0.15, 0.2) is 22.8 Å². The van der Waals surface area contributed by atoms with Crippen molar-refractivity contribution >= 4 is 11.8 Å². The number of carbonyl (C=O) groups excluding carboxylic acids is 2. The van der Waals surface area contributed by atoms with Crippen molar-refractivity contribution < 1.29 is 14.0 Å². The molecule has 2 unspecified atom stereocenters. The molecule has 2 aliphatic rings. The molecule has 2 aliphatic heterocycles. The number of carbonyl (C=O) groups is 2. The van der Waals surface area contributed by atoms with Gasteiger partial charge in [-0.3, -0.25) is 14.5 Å². The number of amides is 2. The third-order valence-electron chi connectivity index (χ3n) is 4.61. The van der Waals surface area contributed by atoms with Gasteiger partial charge in [-0.1, -0.05) is 0 Å². The number of likely N-dealkylation sites (tertiary alicyclic amines) is 1. The number of piperazine rings is 1. The maximum Gasteiger partial charge on any atom is 0.287 e. The van der Waals surface area contributed by atoms with Gasteiger partial charge in [0.2, 0.25) is 5.91 Å². The number of nitrogens with one attached hydrogen (secondary N) is 2. The molecule has 7 heteroatoms. The van der Waals surface area contributed by atoms with Gasteiger partial charge in [-0.05, 0) is 25.5 Å². The van der Waals surface area contributed by atoms with Crippen molar-refractivity contribution in [3.63, 3.8) is 0 Å². The zero-order valence-electron chi connectivity index (χ0n) is 13.5. The molecule has 0 aromatic carbocycles. The fraction of sp³-hybridized carbons (Fsp3) is 0.625. The van der Waals surface area contributed by atoms with E-state index in [0.717, 1.165) is 45.7 Å². The van der Waals surface area contributed by atoms with Gasteiger partial charge in [-0.2, -0.15) is 0 Å². The van der Waals surface area contributed by atoms with Crippen molar-refractivity contribution in [1.82, 2.24) is 20.4 Å². The molecule has 0 aliphatic carbocycles. The molecular weight excluding hydrogens is 296 g/mol. The number of hydrogen-bond donors (Lipinski definition) is 2.